The Morgan fingerprint density at radius 1 is 1.08 bits per heavy atom. The predicted octanol–water partition coefficient (Wildman–Crippen LogP) is 2.87. The van der Waals surface area contributed by atoms with Crippen LogP contribution in [0.2, 0.25) is 0 Å². The quantitative estimate of drug-likeness (QED) is 0.845. The van der Waals surface area contributed by atoms with E-state index in [-0.39, 0.29) is 5.92 Å². The highest BCUT2D eigenvalue weighted by molar-refractivity contribution is 5.78. The molecule has 3 fully saturated rings. The molecule has 2 saturated heterocycles. The molecule has 4 rings (SSSR count). The first kappa shape index (κ1) is 17.0. The number of likely N-dealkylation sites (N-methyl/N-ethyl adjacent to an activating group) is 1. The largest absolute Gasteiger partial charge is 0.332 e. The number of nitrogens with zero attached hydrogens (tertiary/aromatic N) is 4. The number of rotatable bonds is 3. The lowest BCUT2D eigenvalue weighted by atomic mass is 9.72. The number of ketones is 1. The molecule has 5 nitrogen and oxygen atoms in total. The van der Waals surface area contributed by atoms with E-state index in [4.69, 9.17) is 9.97 Å². The zero-order valence-corrected chi connectivity index (χ0v) is 15.7. The van der Waals surface area contributed by atoms with Gasteiger partial charge in [0, 0.05) is 43.5 Å². The molecule has 2 bridgehead atoms. The van der Waals surface area contributed by atoms with Gasteiger partial charge in [-0.2, -0.15) is 0 Å². The molecule has 1 saturated carbocycles. The highest BCUT2D eigenvalue weighted by Crippen LogP contribution is 2.40. The number of carbonyl (C=O) groups is 1. The number of carbonyl (C=O) groups excluding carboxylic acids is 1. The first-order valence-electron chi connectivity index (χ1n) is 9.82. The Bertz CT molecular complexity index is 617. The molecular formula is C20H30N4O. The maximum atomic E-state index is 11.7. The standard InChI is InChI=1S/C20H30N4O/c1-13-8-15(4-7-19(13)14(2)25)16-9-21-20(22-10-16)24-17-5-6-18(24)12-23(3)11-17/h9-10,13,15,17-19H,4-8,11-12H2,1-3H3. The average Bonchev–Trinajstić information content (AvgIpc) is 2.86. The molecule has 5 heteroatoms. The van der Waals surface area contributed by atoms with E-state index in [0.717, 1.165) is 38.3 Å². The van der Waals surface area contributed by atoms with E-state index in [9.17, 15) is 4.79 Å². The van der Waals surface area contributed by atoms with Gasteiger partial charge in [0.15, 0.2) is 0 Å². The van der Waals surface area contributed by atoms with Crippen LogP contribution < -0.4 is 4.90 Å². The van der Waals surface area contributed by atoms with Crippen molar-refractivity contribution >= 4 is 11.7 Å². The van der Waals surface area contributed by atoms with Gasteiger partial charge in [-0.1, -0.05) is 6.92 Å². The van der Waals surface area contributed by atoms with Crippen molar-refractivity contribution in [3.63, 3.8) is 0 Å². The van der Waals surface area contributed by atoms with E-state index in [1.807, 2.05) is 12.4 Å². The second kappa shape index (κ2) is 6.67. The summed E-state index contributed by atoms with van der Waals surface area (Å²) in [6.07, 6.45) is 9.77. The van der Waals surface area contributed by atoms with Gasteiger partial charge in [0.25, 0.3) is 0 Å². The summed E-state index contributed by atoms with van der Waals surface area (Å²) in [6, 6.07) is 1.14. The van der Waals surface area contributed by atoms with Gasteiger partial charge in [-0.25, -0.2) is 9.97 Å². The number of likely N-dealkylation sites (tertiary alicyclic amines) is 1. The molecule has 3 aliphatic rings. The molecule has 0 amide bonds. The monoisotopic (exact) mass is 342 g/mol. The van der Waals surface area contributed by atoms with E-state index in [0.29, 0.717) is 29.7 Å². The third kappa shape index (κ3) is 3.19. The lowest BCUT2D eigenvalue weighted by Crippen LogP contribution is -2.53. The summed E-state index contributed by atoms with van der Waals surface area (Å²) in [7, 11) is 2.21. The zero-order chi connectivity index (χ0) is 17.6. The molecule has 1 aromatic heterocycles. The van der Waals surface area contributed by atoms with Crippen LogP contribution in [0.4, 0.5) is 5.95 Å². The van der Waals surface area contributed by atoms with Crippen molar-refractivity contribution < 1.29 is 4.79 Å². The number of fused-ring (bicyclic) bond motifs is 2. The number of hydrogen-bond donors (Lipinski definition) is 0. The summed E-state index contributed by atoms with van der Waals surface area (Å²) >= 11 is 0. The zero-order valence-electron chi connectivity index (χ0n) is 15.7. The molecule has 25 heavy (non-hydrogen) atoms. The fourth-order valence-electron chi connectivity index (χ4n) is 5.42. The van der Waals surface area contributed by atoms with E-state index < -0.39 is 0 Å². The Morgan fingerprint density at radius 3 is 2.28 bits per heavy atom. The second-order valence-corrected chi connectivity index (χ2v) is 8.53. The highest BCUT2D eigenvalue weighted by atomic mass is 16.1. The van der Waals surface area contributed by atoms with Crippen LogP contribution in [-0.2, 0) is 4.79 Å². The first-order chi connectivity index (χ1) is 12.0. The van der Waals surface area contributed by atoms with Crippen LogP contribution in [0.5, 0.6) is 0 Å². The molecule has 5 unspecified atom stereocenters. The van der Waals surface area contributed by atoms with E-state index in [2.05, 4.69) is 23.8 Å². The van der Waals surface area contributed by atoms with Crippen molar-refractivity contribution in [2.45, 2.75) is 64.0 Å². The van der Waals surface area contributed by atoms with Crippen molar-refractivity contribution in [3.8, 4) is 0 Å². The molecule has 2 aliphatic heterocycles. The van der Waals surface area contributed by atoms with Crippen molar-refractivity contribution in [3.05, 3.63) is 18.0 Å². The van der Waals surface area contributed by atoms with Crippen LogP contribution in [-0.4, -0.2) is 52.9 Å². The summed E-state index contributed by atoms with van der Waals surface area (Å²) in [6.45, 7) is 6.20. The average molecular weight is 342 g/mol. The molecule has 0 aromatic carbocycles. The van der Waals surface area contributed by atoms with E-state index in [1.165, 1.54) is 18.4 Å². The molecule has 136 valence electrons. The normalized spacial score (nSPS) is 35.8. The van der Waals surface area contributed by atoms with Gasteiger partial charge in [-0.05, 0) is 63.5 Å². The van der Waals surface area contributed by atoms with Crippen LogP contribution in [0.15, 0.2) is 12.4 Å². The van der Waals surface area contributed by atoms with Crippen molar-refractivity contribution in [1.82, 2.24) is 14.9 Å². The van der Waals surface area contributed by atoms with Gasteiger partial charge in [-0.15, -0.1) is 0 Å². The molecule has 0 radical (unpaired) electrons. The lowest BCUT2D eigenvalue weighted by molar-refractivity contribution is -0.123. The minimum absolute atomic E-state index is 0.248. The molecule has 5 atom stereocenters. The van der Waals surface area contributed by atoms with E-state index in [1.54, 1.807) is 6.92 Å². The third-order valence-electron chi connectivity index (χ3n) is 6.72. The molecular weight excluding hydrogens is 312 g/mol. The SMILES string of the molecule is CC(=O)C1CCC(c2cnc(N3C4CCC3CN(C)C4)nc2)CC1C. The van der Waals surface area contributed by atoms with Crippen LogP contribution in [0.25, 0.3) is 0 Å². The lowest BCUT2D eigenvalue weighted by Gasteiger charge is -2.39. The predicted molar refractivity (Wildman–Crippen MR) is 98.7 cm³/mol. The van der Waals surface area contributed by atoms with Gasteiger partial charge in [0.1, 0.15) is 5.78 Å². The Labute approximate surface area is 150 Å². The number of hydrogen-bond acceptors (Lipinski definition) is 5. The van der Waals surface area contributed by atoms with Crippen LogP contribution in [0, 0.1) is 11.8 Å². The molecule has 3 heterocycles. The minimum atomic E-state index is 0.248. The third-order valence-corrected chi connectivity index (χ3v) is 6.72. The number of aromatic nitrogens is 2. The Hall–Kier alpha value is -1.49. The van der Waals surface area contributed by atoms with Gasteiger partial charge >= 0.3 is 0 Å². The topological polar surface area (TPSA) is 49.3 Å². The summed E-state index contributed by atoms with van der Waals surface area (Å²) < 4.78 is 0. The Kier molecular flexibility index (Phi) is 4.52. The second-order valence-electron chi connectivity index (χ2n) is 8.53. The Morgan fingerprint density at radius 2 is 1.72 bits per heavy atom. The van der Waals surface area contributed by atoms with Gasteiger partial charge in [0.05, 0.1) is 0 Å². The summed E-state index contributed by atoms with van der Waals surface area (Å²) in [5.74, 6) is 2.48. The maximum Gasteiger partial charge on any atom is 0.225 e. The fourth-order valence-corrected chi connectivity index (χ4v) is 5.42. The van der Waals surface area contributed by atoms with Crippen molar-refractivity contribution in [2.24, 2.45) is 11.8 Å². The van der Waals surface area contributed by atoms with Crippen molar-refractivity contribution in [1.29, 1.82) is 0 Å². The van der Waals surface area contributed by atoms with Crippen LogP contribution in [0.1, 0.15) is 57.4 Å². The fraction of sp³-hybridized carbons (Fsp3) is 0.750. The van der Waals surface area contributed by atoms with E-state index >= 15 is 0 Å². The Balaban J connectivity index is 1.45. The van der Waals surface area contributed by atoms with Crippen molar-refractivity contribution in [2.75, 3.05) is 25.0 Å². The maximum absolute atomic E-state index is 11.7. The number of anilines is 1. The van der Waals surface area contributed by atoms with Gasteiger partial charge < -0.3 is 9.80 Å². The molecule has 1 aliphatic carbocycles. The smallest absolute Gasteiger partial charge is 0.225 e. The first-order valence-corrected chi connectivity index (χ1v) is 9.82. The van der Waals surface area contributed by atoms with Crippen LogP contribution >= 0.6 is 0 Å². The molecule has 1 aromatic rings. The summed E-state index contributed by atoms with van der Waals surface area (Å²) in [5, 5.41) is 0. The van der Waals surface area contributed by atoms with Crippen LogP contribution in [0.3, 0.4) is 0 Å². The van der Waals surface area contributed by atoms with Gasteiger partial charge in [0.2, 0.25) is 5.95 Å². The minimum Gasteiger partial charge on any atom is -0.332 e. The molecule has 0 spiro atoms. The number of Topliss-reactive ketones (excluding diaryl/α,β-unsaturated/α-hetero) is 1. The summed E-state index contributed by atoms with van der Waals surface area (Å²) in [4.78, 5) is 26.1. The molecule has 0 N–H and O–H groups in total. The van der Waals surface area contributed by atoms with Gasteiger partial charge in [-0.3, -0.25) is 4.79 Å². The summed E-state index contributed by atoms with van der Waals surface area (Å²) in [5.41, 5.74) is 1.25. The highest BCUT2D eigenvalue weighted by Gasteiger charge is 2.40. The number of piperazine rings is 1.